The van der Waals surface area contributed by atoms with Crippen LogP contribution in [0.2, 0.25) is 0 Å². The van der Waals surface area contributed by atoms with Crippen molar-refractivity contribution in [3.8, 4) is 0 Å². The maximum absolute atomic E-state index is 6.03. The summed E-state index contributed by atoms with van der Waals surface area (Å²) in [4.78, 5) is 0. The molecule has 0 aromatic rings. The van der Waals surface area contributed by atoms with Crippen LogP contribution in [0.25, 0.3) is 0 Å². The molecule has 4 fully saturated rings. The topological polar surface area (TPSA) is 18.5 Å². The van der Waals surface area contributed by atoms with Crippen molar-refractivity contribution < 1.29 is 9.47 Å². The van der Waals surface area contributed by atoms with Gasteiger partial charge in [0.1, 0.15) is 0 Å². The van der Waals surface area contributed by atoms with Crippen LogP contribution in [0.5, 0.6) is 0 Å². The van der Waals surface area contributed by atoms with Crippen molar-refractivity contribution in [2.75, 3.05) is 6.61 Å². The van der Waals surface area contributed by atoms with Crippen LogP contribution in [0.4, 0.5) is 0 Å². The summed E-state index contributed by atoms with van der Waals surface area (Å²) in [6.07, 6.45) is 15.4. The van der Waals surface area contributed by atoms with E-state index in [0.29, 0.717) is 12.2 Å². The van der Waals surface area contributed by atoms with Crippen LogP contribution in [0.3, 0.4) is 0 Å². The van der Waals surface area contributed by atoms with E-state index in [1.165, 1.54) is 57.8 Å². The fourth-order valence-corrected chi connectivity index (χ4v) is 4.95. The molecular weight excluding hydrogens is 236 g/mol. The summed E-state index contributed by atoms with van der Waals surface area (Å²) in [6.45, 7) is 0.954. The zero-order valence-corrected chi connectivity index (χ0v) is 11.9. The smallest absolute Gasteiger partial charge is 0.0901 e. The van der Waals surface area contributed by atoms with Crippen molar-refractivity contribution in [1.29, 1.82) is 0 Å². The number of hydrogen-bond donors (Lipinski definition) is 0. The maximum Gasteiger partial charge on any atom is 0.0901 e. The lowest BCUT2D eigenvalue weighted by molar-refractivity contribution is 0.0707. The Morgan fingerprint density at radius 2 is 1.68 bits per heavy atom. The van der Waals surface area contributed by atoms with E-state index >= 15 is 0 Å². The first-order chi connectivity index (χ1) is 9.40. The Bertz CT molecular complexity index is 336. The van der Waals surface area contributed by atoms with Gasteiger partial charge in [-0.2, -0.15) is 0 Å². The SMILES string of the molecule is C(OCC1CC2C3CCC(O3)C2C1)=C1CCCCC1. The highest BCUT2D eigenvalue weighted by atomic mass is 16.5. The highest BCUT2D eigenvalue weighted by Crippen LogP contribution is 2.53. The summed E-state index contributed by atoms with van der Waals surface area (Å²) in [7, 11) is 0. The number of allylic oxidation sites excluding steroid dienone is 1. The van der Waals surface area contributed by atoms with E-state index < -0.39 is 0 Å². The molecule has 2 heterocycles. The zero-order chi connectivity index (χ0) is 12.7. The average Bonchev–Trinajstić information content (AvgIpc) is 3.12. The van der Waals surface area contributed by atoms with Gasteiger partial charge < -0.3 is 9.47 Å². The van der Waals surface area contributed by atoms with Gasteiger partial charge in [-0.05, 0) is 74.7 Å². The molecule has 19 heavy (non-hydrogen) atoms. The number of rotatable bonds is 3. The zero-order valence-electron chi connectivity index (χ0n) is 11.9. The number of fused-ring (bicyclic) bond motifs is 5. The monoisotopic (exact) mass is 262 g/mol. The second-order valence-corrected chi connectivity index (χ2v) is 7.13. The van der Waals surface area contributed by atoms with Gasteiger partial charge in [0, 0.05) is 0 Å². The highest BCUT2D eigenvalue weighted by molar-refractivity contribution is 5.02. The first-order valence-electron chi connectivity index (χ1n) is 8.35. The van der Waals surface area contributed by atoms with Gasteiger partial charge in [-0.1, -0.05) is 6.42 Å². The molecule has 2 saturated heterocycles. The maximum atomic E-state index is 6.03. The summed E-state index contributed by atoms with van der Waals surface area (Å²) >= 11 is 0. The second kappa shape index (κ2) is 5.12. The normalized spacial score (nSPS) is 44.4. The van der Waals surface area contributed by atoms with Crippen LogP contribution in [0.15, 0.2) is 11.8 Å². The fraction of sp³-hybridized carbons (Fsp3) is 0.882. The van der Waals surface area contributed by atoms with Gasteiger partial charge >= 0.3 is 0 Å². The molecule has 106 valence electrons. The lowest BCUT2D eigenvalue weighted by Gasteiger charge is -2.19. The van der Waals surface area contributed by atoms with Crippen LogP contribution < -0.4 is 0 Å². The van der Waals surface area contributed by atoms with E-state index in [4.69, 9.17) is 9.47 Å². The Kier molecular flexibility index (Phi) is 3.30. The minimum atomic E-state index is 0.608. The van der Waals surface area contributed by atoms with Gasteiger partial charge in [0.25, 0.3) is 0 Å². The first kappa shape index (κ1) is 12.3. The third-order valence-corrected chi connectivity index (χ3v) is 5.88. The van der Waals surface area contributed by atoms with E-state index in [1.807, 2.05) is 0 Å². The molecule has 0 radical (unpaired) electrons. The van der Waals surface area contributed by atoms with Crippen molar-refractivity contribution in [2.45, 2.75) is 70.0 Å². The molecule has 2 saturated carbocycles. The van der Waals surface area contributed by atoms with E-state index in [9.17, 15) is 0 Å². The molecule has 4 rings (SSSR count). The van der Waals surface area contributed by atoms with Gasteiger partial charge in [0.2, 0.25) is 0 Å². The van der Waals surface area contributed by atoms with Crippen LogP contribution in [-0.2, 0) is 9.47 Å². The summed E-state index contributed by atoms with van der Waals surface area (Å²) < 4.78 is 11.9. The summed E-state index contributed by atoms with van der Waals surface area (Å²) in [6, 6.07) is 0. The van der Waals surface area contributed by atoms with E-state index in [0.717, 1.165) is 24.4 Å². The van der Waals surface area contributed by atoms with E-state index in [-0.39, 0.29) is 0 Å². The Morgan fingerprint density at radius 3 is 2.37 bits per heavy atom. The van der Waals surface area contributed by atoms with Crippen LogP contribution in [0.1, 0.15) is 57.8 Å². The Labute approximate surface area is 116 Å². The lowest BCUT2D eigenvalue weighted by atomic mass is 9.82. The van der Waals surface area contributed by atoms with Crippen molar-refractivity contribution in [1.82, 2.24) is 0 Å². The van der Waals surface area contributed by atoms with Gasteiger partial charge in [0.05, 0.1) is 25.1 Å². The molecular formula is C17H26O2. The molecule has 0 spiro atoms. The summed E-state index contributed by atoms with van der Waals surface area (Å²) in [5.41, 5.74) is 1.55. The third kappa shape index (κ3) is 2.33. The van der Waals surface area contributed by atoms with Gasteiger partial charge in [-0.3, -0.25) is 0 Å². The Balaban J connectivity index is 1.26. The van der Waals surface area contributed by atoms with Crippen LogP contribution in [-0.4, -0.2) is 18.8 Å². The molecule has 2 bridgehead atoms. The van der Waals surface area contributed by atoms with E-state index in [1.54, 1.807) is 5.57 Å². The number of hydrogen-bond acceptors (Lipinski definition) is 2. The van der Waals surface area contributed by atoms with Gasteiger partial charge in [-0.25, -0.2) is 0 Å². The van der Waals surface area contributed by atoms with E-state index in [2.05, 4.69) is 6.26 Å². The molecule has 2 aliphatic heterocycles. The van der Waals surface area contributed by atoms with Crippen LogP contribution >= 0.6 is 0 Å². The van der Waals surface area contributed by atoms with Crippen molar-refractivity contribution in [3.63, 3.8) is 0 Å². The third-order valence-electron chi connectivity index (χ3n) is 5.88. The predicted molar refractivity (Wildman–Crippen MR) is 74.7 cm³/mol. The molecule has 2 heteroatoms. The molecule has 4 atom stereocenters. The largest absolute Gasteiger partial charge is 0.501 e. The molecule has 2 aliphatic carbocycles. The quantitative estimate of drug-likeness (QED) is 0.714. The van der Waals surface area contributed by atoms with Crippen LogP contribution in [0, 0.1) is 17.8 Å². The minimum absolute atomic E-state index is 0.608. The summed E-state index contributed by atoms with van der Waals surface area (Å²) in [5, 5.41) is 0. The van der Waals surface area contributed by atoms with Crippen molar-refractivity contribution >= 4 is 0 Å². The lowest BCUT2D eigenvalue weighted by Crippen LogP contribution is -2.21. The molecule has 0 N–H and O–H groups in total. The van der Waals surface area contributed by atoms with Gasteiger partial charge in [0.15, 0.2) is 0 Å². The first-order valence-corrected chi connectivity index (χ1v) is 8.35. The molecule has 4 unspecified atom stereocenters. The second-order valence-electron chi connectivity index (χ2n) is 7.13. The highest BCUT2D eigenvalue weighted by Gasteiger charge is 2.53. The molecule has 0 aromatic heterocycles. The molecule has 4 aliphatic rings. The fourth-order valence-electron chi connectivity index (χ4n) is 4.95. The standard InChI is InChI=1S/C17H26O2/c1-2-4-12(5-3-1)10-18-11-13-8-14-15(9-13)17-7-6-16(14)19-17/h10,13-17H,1-9,11H2. The molecule has 0 amide bonds. The Morgan fingerprint density at radius 1 is 1.00 bits per heavy atom. The number of ether oxygens (including phenoxy) is 2. The molecule has 0 aromatic carbocycles. The Hall–Kier alpha value is -0.500. The minimum Gasteiger partial charge on any atom is -0.501 e. The predicted octanol–water partition coefficient (Wildman–Crippen LogP) is 4.05. The van der Waals surface area contributed by atoms with Gasteiger partial charge in [-0.15, -0.1) is 0 Å². The average molecular weight is 262 g/mol. The molecule has 2 nitrogen and oxygen atoms in total. The van der Waals surface area contributed by atoms with Crippen molar-refractivity contribution in [3.05, 3.63) is 11.8 Å². The summed E-state index contributed by atoms with van der Waals surface area (Å²) in [5.74, 6) is 2.53. The van der Waals surface area contributed by atoms with Crippen molar-refractivity contribution in [2.24, 2.45) is 17.8 Å².